The summed E-state index contributed by atoms with van der Waals surface area (Å²) in [5.41, 5.74) is 6.20. The zero-order chi connectivity index (χ0) is 14.4. The number of nitrogens with two attached hydrogens (primary N) is 1. The van der Waals surface area contributed by atoms with E-state index in [0.717, 1.165) is 5.56 Å². The van der Waals surface area contributed by atoms with Crippen LogP contribution in [0.4, 0.5) is 4.39 Å². The van der Waals surface area contributed by atoms with Crippen molar-refractivity contribution in [3.63, 3.8) is 0 Å². The summed E-state index contributed by atoms with van der Waals surface area (Å²) in [5, 5.41) is 0. The number of benzene rings is 1. The molecule has 0 aliphatic carbocycles. The minimum absolute atomic E-state index is 0.0970. The van der Waals surface area contributed by atoms with E-state index in [9.17, 15) is 9.18 Å². The lowest BCUT2D eigenvalue weighted by Gasteiger charge is -2.21. The maximum Gasteiger partial charge on any atom is 0.260 e. The molecule has 0 saturated heterocycles. The maximum atomic E-state index is 13.3. The van der Waals surface area contributed by atoms with Crippen LogP contribution >= 0.6 is 0 Å². The zero-order valence-electron chi connectivity index (χ0n) is 11.6. The fourth-order valence-corrected chi connectivity index (χ4v) is 1.55. The van der Waals surface area contributed by atoms with Crippen molar-refractivity contribution in [2.75, 3.05) is 20.2 Å². The SMILES string of the molecule is CC(C)N(C)C(=O)COc1cc(F)cc(CCN)c1. The van der Waals surface area contributed by atoms with Crippen molar-refractivity contribution in [3.05, 3.63) is 29.6 Å². The summed E-state index contributed by atoms with van der Waals surface area (Å²) >= 11 is 0. The van der Waals surface area contributed by atoms with Crippen LogP contribution in [-0.4, -0.2) is 37.0 Å². The van der Waals surface area contributed by atoms with Crippen molar-refractivity contribution in [1.29, 1.82) is 0 Å². The number of rotatable bonds is 6. The molecule has 1 amide bonds. The Labute approximate surface area is 113 Å². The third-order valence-corrected chi connectivity index (χ3v) is 2.89. The van der Waals surface area contributed by atoms with Crippen molar-refractivity contribution in [1.82, 2.24) is 4.90 Å². The van der Waals surface area contributed by atoms with Gasteiger partial charge in [-0.25, -0.2) is 4.39 Å². The first kappa shape index (κ1) is 15.4. The molecule has 0 heterocycles. The Hall–Kier alpha value is -1.62. The van der Waals surface area contributed by atoms with Crippen LogP contribution in [0.2, 0.25) is 0 Å². The highest BCUT2D eigenvalue weighted by Crippen LogP contribution is 2.17. The van der Waals surface area contributed by atoms with Gasteiger partial charge in [0, 0.05) is 19.2 Å². The third-order valence-electron chi connectivity index (χ3n) is 2.89. The summed E-state index contributed by atoms with van der Waals surface area (Å²) in [7, 11) is 1.71. The van der Waals surface area contributed by atoms with Gasteiger partial charge in [-0.15, -0.1) is 0 Å². The smallest absolute Gasteiger partial charge is 0.260 e. The number of likely N-dealkylation sites (N-methyl/N-ethyl adjacent to an activating group) is 1. The summed E-state index contributed by atoms with van der Waals surface area (Å²) in [5.74, 6) is -0.167. The molecule has 0 bridgehead atoms. The number of nitrogens with zero attached hydrogens (tertiary/aromatic N) is 1. The van der Waals surface area contributed by atoms with Crippen molar-refractivity contribution in [3.8, 4) is 5.75 Å². The van der Waals surface area contributed by atoms with E-state index >= 15 is 0 Å². The Morgan fingerprint density at radius 1 is 1.42 bits per heavy atom. The number of halogens is 1. The topological polar surface area (TPSA) is 55.6 Å². The minimum Gasteiger partial charge on any atom is -0.484 e. The van der Waals surface area contributed by atoms with Gasteiger partial charge in [-0.2, -0.15) is 0 Å². The van der Waals surface area contributed by atoms with Crippen molar-refractivity contribution >= 4 is 5.91 Å². The molecule has 4 nitrogen and oxygen atoms in total. The Kier molecular flexibility index (Phi) is 5.76. The maximum absolute atomic E-state index is 13.3. The first-order chi connectivity index (χ1) is 8.93. The highest BCUT2D eigenvalue weighted by molar-refractivity contribution is 5.77. The second kappa shape index (κ2) is 7.09. The molecule has 2 N–H and O–H groups in total. The molecule has 0 aliphatic rings. The van der Waals surface area contributed by atoms with Gasteiger partial charge < -0.3 is 15.4 Å². The third kappa shape index (κ3) is 4.87. The minimum atomic E-state index is -0.384. The van der Waals surface area contributed by atoms with Crippen LogP contribution < -0.4 is 10.5 Å². The predicted octanol–water partition coefficient (Wildman–Crippen LogP) is 1.57. The Bertz CT molecular complexity index is 435. The van der Waals surface area contributed by atoms with E-state index in [0.29, 0.717) is 18.7 Å². The van der Waals surface area contributed by atoms with E-state index in [4.69, 9.17) is 10.5 Å². The van der Waals surface area contributed by atoms with Crippen LogP contribution in [-0.2, 0) is 11.2 Å². The number of amides is 1. The van der Waals surface area contributed by atoms with Crippen LogP contribution in [0, 0.1) is 5.82 Å². The molecular formula is C14H21FN2O2. The predicted molar refractivity (Wildman–Crippen MR) is 72.6 cm³/mol. The highest BCUT2D eigenvalue weighted by Gasteiger charge is 2.12. The monoisotopic (exact) mass is 268 g/mol. The summed E-state index contributed by atoms with van der Waals surface area (Å²) < 4.78 is 18.7. The Morgan fingerprint density at radius 3 is 2.68 bits per heavy atom. The molecule has 0 saturated carbocycles. The molecule has 0 fully saturated rings. The van der Waals surface area contributed by atoms with Crippen LogP contribution in [0.1, 0.15) is 19.4 Å². The van der Waals surface area contributed by atoms with Crippen molar-refractivity contribution in [2.24, 2.45) is 5.73 Å². The number of ether oxygens (including phenoxy) is 1. The molecule has 19 heavy (non-hydrogen) atoms. The molecule has 1 aromatic rings. The summed E-state index contributed by atoms with van der Waals surface area (Å²) in [6.45, 7) is 4.18. The van der Waals surface area contributed by atoms with Gasteiger partial charge in [-0.1, -0.05) is 0 Å². The molecule has 1 aromatic carbocycles. The summed E-state index contributed by atoms with van der Waals surface area (Å²) in [6, 6.07) is 4.50. The van der Waals surface area contributed by atoms with Gasteiger partial charge in [-0.05, 0) is 44.5 Å². The largest absolute Gasteiger partial charge is 0.484 e. The molecule has 0 aliphatic heterocycles. The summed E-state index contributed by atoms with van der Waals surface area (Å²) in [6.07, 6.45) is 0.577. The second-order valence-electron chi connectivity index (χ2n) is 4.72. The van der Waals surface area contributed by atoms with E-state index in [1.54, 1.807) is 18.0 Å². The molecule has 0 radical (unpaired) electrons. The van der Waals surface area contributed by atoms with Crippen LogP contribution in [0.3, 0.4) is 0 Å². The van der Waals surface area contributed by atoms with Gasteiger partial charge in [0.2, 0.25) is 0 Å². The standard InChI is InChI=1S/C14H21FN2O2/c1-10(2)17(3)14(18)9-19-13-7-11(4-5-16)6-12(15)8-13/h6-8,10H,4-5,9,16H2,1-3H3. The first-order valence-electron chi connectivity index (χ1n) is 6.32. The fraction of sp³-hybridized carbons (Fsp3) is 0.500. The van der Waals surface area contributed by atoms with Crippen molar-refractivity contribution in [2.45, 2.75) is 26.3 Å². The number of hydrogen-bond acceptors (Lipinski definition) is 3. The van der Waals surface area contributed by atoms with Gasteiger partial charge in [0.05, 0.1) is 0 Å². The van der Waals surface area contributed by atoms with Crippen molar-refractivity contribution < 1.29 is 13.9 Å². The molecule has 0 unspecified atom stereocenters. The van der Waals surface area contributed by atoms with E-state index in [2.05, 4.69) is 0 Å². The molecular weight excluding hydrogens is 247 g/mol. The first-order valence-corrected chi connectivity index (χ1v) is 6.32. The fourth-order valence-electron chi connectivity index (χ4n) is 1.55. The summed E-state index contributed by atoms with van der Waals surface area (Å²) in [4.78, 5) is 13.3. The molecule has 0 aromatic heterocycles. The van der Waals surface area contributed by atoms with Crippen LogP contribution in [0.25, 0.3) is 0 Å². The number of carbonyl (C=O) groups is 1. The van der Waals surface area contributed by atoms with Gasteiger partial charge in [0.25, 0.3) is 5.91 Å². The van der Waals surface area contributed by atoms with E-state index in [1.807, 2.05) is 13.8 Å². The van der Waals surface area contributed by atoms with Gasteiger partial charge in [-0.3, -0.25) is 4.79 Å². The zero-order valence-corrected chi connectivity index (χ0v) is 11.6. The molecule has 0 atom stereocenters. The quantitative estimate of drug-likeness (QED) is 0.852. The highest BCUT2D eigenvalue weighted by atomic mass is 19.1. The van der Waals surface area contributed by atoms with E-state index in [-0.39, 0.29) is 24.4 Å². The lowest BCUT2D eigenvalue weighted by atomic mass is 10.1. The lowest BCUT2D eigenvalue weighted by Crippen LogP contribution is -2.36. The molecule has 1 rings (SSSR count). The van der Waals surface area contributed by atoms with Gasteiger partial charge in [0.1, 0.15) is 11.6 Å². The van der Waals surface area contributed by atoms with Crippen LogP contribution in [0.15, 0.2) is 18.2 Å². The van der Waals surface area contributed by atoms with E-state index < -0.39 is 0 Å². The lowest BCUT2D eigenvalue weighted by molar-refractivity contribution is -0.133. The average Bonchev–Trinajstić information content (AvgIpc) is 2.34. The van der Waals surface area contributed by atoms with E-state index in [1.165, 1.54) is 12.1 Å². The molecule has 106 valence electrons. The Balaban J connectivity index is 2.64. The van der Waals surface area contributed by atoms with Gasteiger partial charge >= 0.3 is 0 Å². The second-order valence-corrected chi connectivity index (χ2v) is 4.72. The van der Waals surface area contributed by atoms with Gasteiger partial charge in [0.15, 0.2) is 6.61 Å². The van der Waals surface area contributed by atoms with Crippen LogP contribution in [0.5, 0.6) is 5.75 Å². The number of hydrogen-bond donors (Lipinski definition) is 1. The molecule has 0 spiro atoms. The average molecular weight is 268 g/mol. The molecule has 5 heteroatoms. The Morgan fingerprint density at radius 2 is 2.11 bits per heavy atom. The normalized spacial score (nSPS) is 10.6. The number of carbonyl (C=O) groups excluding carboxylic acids is 1.